The number of carbonyl (C=O) groups excluding carboxylic acids is 3. The summed E-state index contributed by atoms with van der Waals surface area (Å²) in [7, 11) is 0. The molecular formula is C13H20INO4. The summed E-state index contributed by atoms with van der Waals surface area (Å²) in [6.45, 7) is 2.73. The van der Waals surface area contributed by atoms with Gasteiger partial charge in [-0.1, -0.05) is 22.6 Å². The highest BCUT2D eigenvalue weighted by atomic mass is 127. The van der Waals surface area contributed by atoms with Gasteiger partial charge in [0.2, 0.25) is 11.8 Å². The molecule has 2 amide bonds. The third-order valence-electron chi connectivity index (χ3n) is 3.02. The zero-order valence-corrected chi connectivity index (χ0v) is 13.3. The summed E-state index contributed by atoms with van der Waals surface area (Å²) in [5.74, 6) is -0.267. The number of hydrogen-bond donors (Lipinski definition) is 0. The number of ether oxygens (including phenoxy) is 1. The average Bonchev–Trinajstić information content (AvgIpc) is 2.68. The topological polar surface area (TPSA) is 63.7 Å². The fourth-order valence-electron chi connectivity index (χ4n) is 2.00. The maximum Gasteiger partial charge on any atom is 0.305 e. The first kappa shape index (κ1) is 16.4. The molecular weight excluding hydrogens is 361 g/mol. The molecule has 0 aromatic heterocycles. The van der Waals surface area contributed by atoms with Gasteiger partial charge in [-0.15, -0.1) is 0 Å². The summed E-state index contributed by atoms with van der Waals surface area (Å²) in [4.78, 5) is 35.3. The van der Waals surface area contributed by atoms with E-state index in [0.717, 1.165) is 19.3 Å². The number of esters is 1. The second kappa shape index (κ2) is 8.50. The van der Waals surface area contributed by atoms with E-state index in [0.29, 0.717) is 36.3 Å². The maximum absolute atomic E-state index is 11.4. The van der Waals surface area contributed by atoms with Crippen molar-refractivity contribution in [2.45, 2.75) is 49.4 Å². The normalized spacial score (nSPS) is 16.8. The van der Waals surface area contributed by atoms with Gasteiger partial charge >= 0.3 is 5.97 Å². The second-order valence-electron chi connectivity index (χ2n) is 4.52. The predicted molar refractivity (Wildman–Crippen MR) is 78.9 cm³/mol. The van der Waals surface area contributed by atoms with Crippen molar-refractivity contribution in [3.05, 3.63) is 0 Å². The van der Waals surface area contributed by atoms with Crippen LogP contribution in [0.4, 0.5) is 0 Å². The van der Waals surface area contributed by atoms with E-state index in [1.807, 2.05) is 0 Å². The largest absolute Gasteiger partial charge is 0.466 e. The highest BCUT2D eigenvalue weighted by Gasteiger charge is 2.28. The highest BCUT2D eigenvalue weighted by Crippen LogP contribution is 2.18. The third kappa shape index (κ3) is 5.88. The Balaban J connectivity index is 2.13. The second-order valence-corrected chi connectivity index (χ2v) is 6.28. The van der Waals surface area contributed by atoms with Gasteiger partial charge in [0.15, 0.2) is 0 Å². The average molecular weight is 381 g/mol. The summed E-state index contributed by atoms with van der Waals surface area (Å²) in [6.07, 6.45) is 3.62. The Labute approximate surface area is 127 Å². The minimum atomic E-state index is -0.158. The van der Waals surface area contributed by atoms with Crippen LogP contribution >= 0.6 is 22.6 Å². The van der Waals surface area contributed by atoms with Gasteiger partial charge in [-0.3, -0.25) is 19.3 Å². The van der Waals surface area contributed by atoms with E-state index in [1.54, 1.807) is 6.92 Å². The Morgan fingerprint density at radius 2 is 1.95 bits per heavy atom. The molecule has 19 heavy (non-hydrogen) atoms. The zero-order valence-electron chi connectivity index (χ0n) is 11.2. The lowest BCUT2D eigenvalue weighted by atomic mass is 10.1. The van der Waals surface area contributed by atoms with Crippen LogP contribution in [-0.2, 0) is 19.1 Å². The van der Waals surface area contributed by atoms with E-state index in [1.165, 1.54) is 4.90 Å². The number of halogens is 1. The Bertz CT molecular complexity index is 330. The quantitative estimate of drug-likeness (QED) is 0.280. The van der Waals surface area contributed by atoms with Crippen molar-refractivity contribution in [2.24, 2.45) is 0 Å². The van der Waals surface area contributed by atoms with E-state index in [-0.39, 0.29) is 17.8 Å². The molecule has 0 radical (unpaired) electrons. The minimum absolute atomic E-state index is 0.0541. The molecule has 1 aliphatic heterocycles. The molecule has 1 aliphatic rings. The number of rotatable bonds is 8. The molecule has 0 saturated carbocycles. The molecule has 0 aromatic carbocycles. The molecule has 1 fully saturated rings. The lowest BCUT2D eigenvalue weighted by molar-refractivity contribution is -0.143. The van der Waals surface area contributed by atoms with Gasteiger partial charge in [0, 0.05) is 29.7 Å². The molecule has 0 aliphatic carbocycles. The first-order chi connectivity index (χ1) is 9.04. The first-order valence-corrected chi connectivity index (χ1v) is 7.92. The summed E-state index contributed by atoms with van der Waals surface area (Å²) in [6, 6.07) is 0. The fraction of sp³-hybridized carbons (Fsp3) is 0.769. The SMILES string of the molecule is CCOC(=O)CCC(I)CCCN1C(=O)CCC1=O. The molecule has 1 heterocycles. The van der Waals surface area contributed by atoms with Crippen LogP contribution in [0, 0.1) is 0 Å². The van der Waals surface area contributed by atoms with Crippen LogP contribution in [-0.4, -0.2) is 39.8 Å². The van der Waals surface area contributed by atoms with Crippen LogP contribution in [0.5, 0.6) is 0 Å². The van der Waals surface area contributed by atoms with Crippen LogP contribution in [0.2, 0.25) is 0 Å². The van der Waals surface area contributed by atoms with Crippen LogP contribution in [0.15, 0.2) is 0 Å². The molecule has 5 nitrogen and oxygen atoms in total. The molecule has 0 N–H and O–H groups in total. The van der Waals surface area contributed by atoms with Crippen molar-refractivity contribution in [1.82, 2.24) is 4.90 Å². The molecule has 0 bridgehead atoms. The van der Waals surface area contributed by atoms with Crippen LogP contribution in [0.1, 0.15) is 45.4 Å². The molecule has 108 valence electrons. The molecule has 1 saturated heterocycles. The molecule has 6 heteroatoms. The summed E-state index contributed by atoms with van der Waals surface area (Å²) in [5.41, 5.74) is 0. The van der Waals surface area contributed by atoms with Gasteiger partial charge in [0.05, 0.1) is 6.61 Å². The Morgan fingerprint density at radius 3 is 2.53 bits per heavy atom. The number of hydrogen-bond acceptors (Lipinski definition) is 4. The summed E-state index contributed by atoms with van der Waals surface area (Å²) < 4.78 is 5.24. The lowest BCUT2D eigenvalue weighted by Crippen LogP contribution is -2.30. The molecule has 1 unspecified atom stereocenters. The number of likely N-dealkylation sites (tertiary alicyclic amines) is 1. The van der Waals surface area contributed by atoms with Gasteiger partial charge < -0.3 is 4.74 Å². The lowest BCUT2D eigenvalue weighted by Gasteiger charge is -2.15. The smallest absolute Gasteiger partial charge is 0.305 e. The van der Waals surface area contributed by atoms with Crippen molar-refractivity contribution >= 4 is 40.4 Å². The van der Waals surface area contributed by atoms with Crippen molar-refractivity contribution < 1.29 is 19.1 Å². The van der Waals surface area contributed by atoms with Crippen molar-refractivity contribution in [1.29, 1.82) is 0 Å². The Hall–Kier alpha value is -0.660. The van der Waals surface area contributed by atoms with Gasteiger partial charge in [-0.05, 0) is 26.2 Å². The maximum atomic E-state index is 11.4. The summed E-state index contributed by atoms with van der Waals surface area (Å²) in [5, 5.41) is 0. The van der Waals surface area contributed by atoms with Crippen molar-refractivity contribution in [3.63, 3.8) is 0 Å². The van der Waals surface area contributed by atoms with E-state index >= 15 is 0 Å². The summed E-state index contributed by atoms with van der Waals surface area (Å²) >= 11 is 2.30. The molecule has 0 spiro atoms. The predicted octanol–water partition coefficient (Wildman–Crippen LogP) is 2.06. The minimum Gasteiger partial charge on any atom is -0.466 e. The fourth-order valence-corrected chi connectivity index (χ4v) is 2.75. The van der Waals surface area contributed by atoms with E-state index < -0.39 is 0 Å². The number of amides is 2. The zero-order chi connectivity index (χ0) is 14.3. The number of alkyl halides is 1. The molecule has 1 atom stereocenters. The third-order valence-corrected chi connectivity index (χ3v) is 4.27. The van der Waals surface area contributed by atoms with Gasteiger partial charge in [-0.25, -0.2) is 0 Å². The molecule has 1 rings (SSSR count). The molecule has 0 aromatic rings. The van der Waals surface area contributed by atoms with Crippen molar-refractivity contribution in [3.8, 4) is 0 Å². The van der Waals surface area contributed by atoms with E-state index in [9.17, 15) is 14.4 Å². The Kier molecular flexibility index (Phi) is 7.33. The monoisotopic (exact) mass is 381 g/mol. The van der Waals surface area contributed by atoms with E-state index in [4.69, 9.17) is 4.74 Å². The van der Waals surface area contributed by atoms with Crippen LogP contribution in [0.25, 0.3) is 0 Å². The van der Waals surface area contributed by atoms with Crippen molar-refractivity contribution in [2.75, 3.05) is 13.2 Å². The van der Waals surface area contributed by atoms with Crippen LogP contribution in [0.3, 0.4) is 0 Å². The first-order valence-electron chi connectivity index (χ1n) is 6.67. The van der Waals surface area contributed by atoms with E-state index in [2.05, 4.69) is 22.6 Å². The van der Waals surface area contributed by atoms with Crippen LogP contribution < -0.4 is 0 Å². The van der Waals surface area contributed by atoms with Gasteiger partial charge in [0.1, 0.15) is 0 Å². The number of imide groups is 1. The van der Waals surface area contributed by atoms with Gasteiger partial charge in [0.25, 0.3) is 0 Å². The number of nitrogens with zero attached hydrogens (tertiary/aromatic N) is 1. The Morgan fingerprint density at radius 1 is 1.32 bits per heavy atom. The standard InChI is InChI=1S/C13H20INO4/c1-2-19-13(18)8-5-10(14)4-3-9-15-11(16)6-7-12(15)17/h10H,2-9H2,1H3. The highest BCUT2D eigenvalue weighted by molar-refractivity contribution is 14.1. The van der Waals surface area contributed by atoms with Gasteiger partial charge in [-0.2, -0.15) is 0 Å². The number of carbonyl (C=O) groups is 3.